The second-order valence-corrected chi connectivity index (χ2v) is 6.49. The maximum Gasteiger partial charge on any atom is 0.264 e. The molecule has 3 heteroatoms. The predicted molar refractivity (Wildman–Crippen MR) is 108 cm³/mol. The molecule has 27 heavy (non-hydrogen) atoms. The molecule has 0 radical (unpaired) electrons. The number of rotatable bonds is 8. The van der Waals surface area contributed by atoms with E-state index in [-0.39, 0.29) is 5.91 Å². The minimum absolute atomic E-state index is 0.00839. The van der Waals surface area contributed by atoms with Crippen molar-refractivity contribution in [3.63, 3.8) is 0 Å². The van der Waals surface area contributed by atoms with Crippen molar-refractivity contribution >= 4 is 5.91 Å². The van der Waals surface area contributed by atoms with E-state index in [4.69, 9.17) is 4.74 Å². The fraction of sp³-hybridized carbons (Fsp3) is 0.208. The summed E-state index contributed by atoms with van der Waals surface area (Å²) in [6, 6.07) is 29.7. The lowest BCUT2D eigenvalue weighted by Crippen LogP contribution is -2.41. The number of amides is 1. The molecule has 0 N–H and O–H groups in total. The first kappa shape index (κ1) is 18.7. The third-order valence-corrected chi connectivity index (χ3v) is 4.41. The van der Waals surface area contributed by atoms with E-state index in [9.17, 15) is 4.79 Å². The number of benzene rings is 3. The SMILES string of the molecule is CCC(Oc1ccccc1)C(=O)N(Cc1ccccc1)Cc1ccccc1. The summed E-state index contributed by atoms with van der Waals surface area (Å²) in [4.78, 5) is 15.2. The number of hydrogen-bond donors (Lipinski definition) is 0. The molecule has 3 rings (SSSR count). The Balaban J connectivity index is 1.79. The second kappa shape index (κ2) is 9.58. The summed E-state index contributed by atoms with van der Waals surface area (Å²) in [5, 5.41) is 0. The molecule has 0 aliphatic carbocycles. The molecule has 0 heterocycles. The highest BCUT2D eigenvalue weighted by Crippen LogP contribution is 2.17. The fourth-order valence-electron chi connectivity index (χ4n) is 2.99. The maximum atomic E-state index is 13.3. The second-order valence-electron chi connectivity index (χ2n) is 6.49. The van der Waals surface area contributed by atoms with Gasteiger partial charge in [0.2, 0.25) is 0 Å². The molecule has 1 unspecified atom stereocenters. The summed E-state index contributed by atoms with van der Waals surface area (Å²) in [7, 11) is 0. The molecule has 3 nitrogen and oxygen atoms in total. The monoisotopic (exact) mass is 359 g/mol. The Labute approximate surface area is 161 Å². The van der Waals surface area contributed by atoms with E-state index >= 15 is 0 Å². The summed E-state index contributed by atoms with van der Waals surface area (Å²) < 4.78 is 5.99. The van der Waals surface area contributed by atoms with Crippen LogP contribution < -0.4 is 4.74 Å². The van der Waals surface area contributed by atoms with E-state index < -0.39 is 6.10 Å². The standard InChI is InChI=1S/C24H25NO2/c1-2-23(27-22-16-10-5-11-17-22)24(26)25(18-20-12-6-3-7-13-20)19-21-14-8-4-9-15-21/h3-17,23H,2,18-19H2,1H3. The molecule has 3 aromatic carbocycles. The van der Waals surface area contributed by atoms with Crippen molar-refractivity contribution in [2.75, 3.05) is 0 Å². The van der Waals surface area contributed by atoms with E-state index in [1.165, 1.54) is 0 Å². The van der Waals surface area contributed by atoms with E-state index in [2.05, 4.69) is 0 Å². The molecule has 138 valence electrons. The van der Waals surface area contributed by atoms with Gasteiger partial charge in [0.25, 0.3) is 5.91 Å². The summed E-state index contributed by atoms with van der Waals surface area (Å²) >= 11 is 0. The van der Waals surface area contributed by atoms with E-state index in [0.717, 1.165) is 16.9 Å². The van der Waals surface area contributed by atoms with Crippen LogP contribution in [0.25, 0.3) is 0 Å². The van der Waals surface area contributed by atoms with Gasteiger partial charge >= 0.3 is 0 Å². The molecule has 1 atom stereocenters. The highest BCUT2D eigenvalue weighted by atomic mass is 16.5. The zero-order chi connectivity index (χ0) is 18.9. The van der Waals surface area contributed by atoms with Crippen LogP contribution in [0.2, 0.25) is 0 Å². The fourth-order valence-corrected chi connectivity index (χ4v) is 2.99. The van der Waals surface area contributed by atoms with E-state index in [1.807, 2.05) is 103 Å². The lowest BCUT2D eigenvalue weighted by molar-refractivity contribution is -0.140. The van der Waals surface area contributed by atoms with Gasteiger partial charge in [-0.05, 0) is 29.7 Å². The van der Waals surface area contributed by atoms with Crippen molar-refractivity contribution in [1.82, 2.24) is 4.90 Å². The molecule has 0 fully saturated rings. The summed E-state index contributed by atoms with van der Waals surface area (Å²) in [5.74, 6) is 0.728. The van der Waals surface area contributed by atoms with Crippen LogP contribution in [0.15, 0.2) is 91.0 Å². The van der Waals surface area contributed by atoms with Crippen molar-refractivity contribution in [2.24, 2.45) is 0 Å². The number of para-hydroxylation sites is 1. The molecule has 0 aromatic heterocycles. The van der Waals surface area contributed by atoms with E-state index in [1.54, 1.807) is 0 Å². The number of nitrogens with zero attached hydrogens (tertiary/aromatic N) is 1. The highest BCUT2D eigenvalue weighted by molar-refractivity contribution is 5.81. The molecule has 3 aromatic rings. The average Bonchev–Trinajstić information content (AvgIpc) is 2.73. The minimum atomic E-state index is -0.500. The maximum absolute atomic E-state index is 13.3. The quantitative estimate of drug-likeness (QED) is 0.562. The Morgan fingerprint density at radius 1 is 0.778 bits per heavy atom. The van der Waals surface area contributed by atoms with Gasteiger partial charge in [0.05, 0.1) is 0 Å². The van der Waals surface area contributed by atoms with Gasteiger partial charge in [-0.3, -0.25) is 4.79 Å². The Kier molecular flexibility index (Phi) is 6.64. The third-order valence-electron chi connectivity index (χ3n) is 4.41. The smallest absolute Gasteiger partial charge is 0.264 e. The van der Waals surface area contributed by atoms with Gasteiger partial charge in [0, 0.05) is 13.1 Å². The van der Waals surface area contributed by atoms with Gasteiger partial charge in [-0.25, -0.2) is 0 Å². The number of hydrogen-bond acceptors (Lipinski definition) is 2. The highest BCUT2D eigenvalue weighted by Gasteiger charge is 2.25. The molecule has 0 spiro atoms. The van der Waals surface area contributed by atoms with Gasteiger partial charge in [-0.2, -0.15) is 0 Å². The molecule has 0 saturated heterocycles. The third kappa shape index (κ3) is 5.45. The topological polar surface area (TPSA) is 29.5 Å². The van der Waals surface area contributed by atoms with Crippen LogP contribution in [0, 0.1) is 0 Å². The largest absolute Gasteiger partial charge is 0.481 e. The van der Waals surface area contributed by atoms with Crippen molar-refractivity contribution in [3.05, 3.63) is 102 Å². The molecule has 0 aliphatic rings. The molecular formula is C24H25NO2. The zero-order valence-electron chi connectivity index (χ0n) is 15.6. The van der Waals surface area contributed by atoms with Crippen molar-refractivity contribution < 1.29 is 9.53 Å². The normalized spacial score (nSPS) is 11.6. The van der Waals surface area contributed by atoms with Gasteiger partial charge in [0.1, 0.15) is 5.75 Å². The van der Waals surface area contributed by atoms with Crippen molar-refractivity contribution in [2.45, 2.75) is 32.5 Å². The Morgan fingerprint density at radius 2 is 1.22 bits per heavy atom. The molecule has 0 aliphatic heterocycles. The van der Waals surface area contributed by atoms with Crippen LogP contribution in [-0.2, 0) is 17.9 Å². The van der Waals surface area contributed by atoms with Crippen molar-refractivity contribution in [1.29, 1.82) is 0 Å². The van der Waals surface area contributed by atoms with Gasteiger partial charge in [-0.1, -0.05) is 85.8 Å². The molecule has 0 saturated carbocycles. The van der Waals surface area contributed by atoms with Gasteiger partial charge in [-0.15, -0.1) is 0 Å². The number of carbonyl (C=O) groups excluding carboxylic acids is 1. The van der Waals surface area contributed by atoms with Crippen molar-refractivity contribution in [3.8, 4) is 5.75 Å². The summed E-state index contributed by atoms with van der Waals surface area (Å²) in [6.45, 7) is 3.10. The van der Waals surface area contributed by atoms with Gasteiger partial charge in [0.15, 0.2) is 6.10 Å². The van der Waals surface area contributed by atoms with Crippen LogP contribution in [0.1, 0.15) is 24.5 Å². The zero-order valence-corrected chi connectivity index (χ0v) is 15.6. The number of carbonyl (C=O) groups is 1. The van der Waals surface area contributed by atoms with Crippen LogP contribution >= 0.6 is 0 Å². The Morgan fingerprint density at radius 3 is 1.67 bits per heavy atom. The molecule has 1 amide bonds. The predicted octanol–water partition coefficient (Wildman–Crippen LogP) is 5.07. The lowest BCUT2D eigenvalue weighted by atomic mass is 10.1. The first-order valence-corrected chi connectivity index (χ1v) is 9.34. The van der Waals surface area contributed by atoms with Crippen LogP contribution in [0.4, 0.5) is 0 Å². The lowest BCUT2D eigenvalue weighted by Gasteiger charge is -2.27. The summed E-state index contributed by atoms with van der Waals surface area (Å²) in [5.41, 5.74) is 2.22. The summed E-state index contributed by atoms with van der Waals surface area (Å²) in [6.07, 6.45) is 0.119. The van der Waals surface area contributed by atoms with Crippen LogP contribution in [0.3, 0.4) is 0 Å². The van der Waals surface area contributed by atoms with E-state index in [0.29, 0.717) is 19.5 Å². The van der Waals surface area contributed by atoms with Crippen LogP contribution in [0.5, 0.6) is 5.75 Å². The first-order chi connectivity index (χ1) is 13.3. The Hall–Kier alpha value is -3.07. The van der Waals surface area contributed by atoms with Crippen LogP contribution in [-0.4, -0.2) is 16.9 Å². The first-order valence-electron chi connectivity index (χ1n) is 9.34. The minimum Gasteiger partial charge on any atom is -0.481 e. The van der Waals surface area contributed by atoms with Gasteiger partial charge < -0.3 is 9.64 Å². The number of ether oxygens (including phenoxy) is 1. The molecular weight excluding hydrogens is 334 g/mol. The Bertz CT molecular complexity index is 777. The average molecular weight is 359 g/mol. The molecule has 0 bridgehead atoms.